The maximum Gasteiger partial charge on any atom is 0.195 e. The second-order valence-electron chi connectivity index (χ2n) is 4.06. The number of aromatic nitrogens is 4. The number of H-pyrrole nitrogens is 1. The molecule has 0 bridgehead atoms. The fourth-order valence-electron chi connectivity index (χ4n) is 1.94. The van der Waals surface area contributed by atoms with E-state index >= 15 is 0 Å². The van der Waals surface area contributed by atoms with Gasteiger partial charge in [0, 0.05) is 0 Å². The summed E-state index contributed by atoms with van der Waals surface area (Å²) in [6.45, 7) is 0.00362. The maximum absolute atomic E-state index is 8.92. The number of nitrogens with zero attached hydrogens (tertiary/aromatic N) is 3. The predicted molar refractivity (Wildman–Crippen MR) is 67.6 cm³/mol. The van der Waals surface area contributed by atoms with Crippen LogP contribution in [0.15, 0.2) is 35.5 Å². The Hall–Kier alpha value is -2.45. The van der Waals surface area contributed by atoms with Crippen molar-refractivity contribution in [2.45, 2.75) is 6.23 Å². The van der Waals surface area contributed by atoms with E-state index in [0.717, 1.165) is 0 Å². The van der Waals surface area contributed by atoms with Gasteiger partial charge < -0.3 is 19.2 Å². The number of rotatable bonds is 5. The summed E-state index contributed by atoms with van der Waals surface area (Å²) in [5, 5.41) is 17.1. The molecule has 1 atom stereocenters. The van der Waals surface area contributed by atoms with E-state index in [-0.39, 0.29) is 18.7 Å². The first-order valence-electron chi connectivity index (χ1n) is 6.02. The minimum atomic E-state index is -0.662. The van der Waals surface area contributed by atoms with Crippen LogP contribution in [0.2, 0.25) is 0 Å². The lowest BCUT2D eigenvalue weighted by molar-refractivity contribution is -0.00427. The van der Waals surface area contributed by atoms with Crippen LogP contribution in [0.1, 0.15) is 12.0 Å². The molecule has 0 radical (unpaired) electrons. The van der Waals surface area contributed by atoms with Crippen molar-refractivity contribution in [2.24, 2.45) is 0 Å². The third-order valence-electron chi connectivity index (χ3n) is 2.82. The van der Waals surface area contributed by atoms with Crippen molar-refractivity contribution in [3.8, 4) is 0 Å². The highest BCUT2D eigenvalue weighted by Gasteiger charge is 2.19. The fraction of sp³-hybridized carbons (Fsp3) is 0.250. The lowest BCUT2D eigenvalue weighted by atomic mass is 10.4. The number of hydrogen-bond acceptors (Lipinski definition) is 6. The molecule has 3 heterocycles. The molecule has 0 aromatic carbocycles. The molecule has 8 nitrogen and oxygen atoms in total. The van der Waals surface area contributed by atoms with Gasteiger partial charge in [0.05, 0.1) is 25.8 Å². The Morgan fingerprint density at radius 2 is 2.40 bits per heavy atom. The molecule has 0 spiro atoms. The highest BCUT2D eigenvalue weighted by Crippen LogP contribution is 2.18. The Labute approximate surface area is 113 Å². The van der Waals surface area contributed by atoms with E-state index in [2.05, 4.69) is 15.0 Å². The highest BCUT2D eigenvalue weighted by molar-refractivity contribution is 5.67. The molecule has 0 fully saturated rings. The van der Waals surface area contributed by atoms with Gasteiger partial charge in [-0.15, -0.1) is 0 Å². The zero-order valence-electron chi connectivity index (χ0n) is 10.5. The SMILES string of the molecule is N=c1c2[nH]cnc2ncn1C(OCCO)c1ccco1. The van der Waals surface area contributed by atoms with Crippen LogP contribution in [0.25, 0.3) is 11.2 Å². The van der Waals surface area contributed by atoms with Crippen molar-refractivity contribution in [2.75, 3.05) is 13.2 Å². The Balaban J connectivity index is 2.08. The van der Waals surface area contributed by atoms with Crippen LogP contribution in [0.3, 0.4) is 0 Å². The van der Waals surface area contributed by atoms with Gasteiger partial charge in [0.2, 0.25) is 0 Å². The number of aliphatic hydroxyl groups is 1. The minimum absolute atomic E-state index is 0.120. The zero-order valence-corrected chi connectivity index (χ0v) is 10.5. The molecule has 0 saturated heterocycles. The summed E-state index contributed by atoms with van der Waals surface area (Å²) in [5.41, 5.74) is 1.15. The number of ether oxygens (including phenoxy) is 1. The summed E-state index contributed by atoms with van der Waals surface area (Å²) >= 11 is 0. The quantitative estimate of drug-likeness (QED) is 0.623. The molecule has 104 valence electrons. The molecule has 3 aromatic heterocycles. The number of furan rings is 1. The first kappa shape index (κ1) is 12.6. The van der Waals surface area contributed by atoms with Crippen molar-refractivity contribution < 1.29 is 14.3 Å². The third kappa shape index (κ3) is 2.10. The first-order valence-corrected chi connectivity index (χ1v) is 6.02. The molecule has 0 aliphatic rings. The standard InChI is InChI=1S/C12H13N5O3/c13-10-9-11(15-6-14-9)16-7-17(10)12(20-5-3-18)8-2-1-4-19-8/h1-2,4,6-7,12-13,18H,3,5H2,(H,14,15). The average Bonchev–Trinajstić information content (AvgIpc) is 3.12. The second kappa shape index (κ2) is 5.27. The van der Waals surface area contributed by atoms with Crippen molar-refractivity contribution in [3.63, 3.8) is 0 Å². The summed E-state index contributed by atoms with van der Waals surface area (Å²) in [6, 6.07) is 3.47. The predicted octanol–water partition coefficient (Wildman–Crippen LogP) is 0.388. The number of imidazole rings is 1. The van der Waals surface area contributed by atoms with Crippen molar-refractivity contribution in [1.82, 2.24) is 19.5 Å². The monoisotopic (exact) mass is 275 g/mol. The van der Waals surface area contributed by atoms with Crippen molar-refractivity contribution >= 4 is 11.2 Å². The van der Waals surface area contributed by atoms with Crippen LogP contribution in [-0.4, -0.2) is 37.8 Å². The number of hydrogen-bond donors (Lipinski definition) is 3. The van der Waals surface area contributed by atoms with E-state index in [1.165, 1.54) is 23.5 Å². The summed E-state index contributed by atoms with van der Waals surface area (Å²) in [7, 11) is 0. The molecule has 8 heteroatoms. The van der Waals surface area contributed by atoms with E-state index in [0.29, 0.717) is 16.9 Å². The van der Waals surface area contributed by atoms with Gasteiger partial charge in [0.15, 0.2) is 23.1 Å². The molecule has 0 saturated carbocycles. The normalized spacial score (nSPS) is 12.8. The van der Waals surface area contributed by atoms with Gasteiger partial charge in [0.1, 0.15) is 11.8 Å². The smallest absolute Gasteiger partial charge is 0.195 e. The van der Waals surface area contributed by atoms with E-state index in [4.69, 9.17) is 19.7 Å². The molecule has 0 aliphatic heterocycles. The number of aliphatic hydroxyl groups excluding tert-OH is 1. The van der Waals surface area contributed by atoms with Gasteiger partial charge in [-0.2, -0.15) is 0 Å². The van der Waals surface area contributed by atoms with Crippen molar-refractivity contribution in [1.29, 1.82) is 5.41 Å². The van der Waals surface area contributed by atoms with Gasteiger partial charge in [-0.1, -0.05) is 0 Å². The van der Waals surface area contributed by atoms with Crippen LogP contribution in [0.5, 0.6) is 0 Å². The van der Waals surface area contributed by atoms with Gasteiger partial charge in [-0.05, 0) is 12.1 Å². The number of aromatic amines is 1. The van der Waals surface area contributed by atoms with Gasteiger partial charge >= 0.3 is 0 Å². The molecule has 1 unspecified atom stereocenters. The Bertz CT molecular complexity index is 746. The third-order valence-corrected chi connectivity index (χ3v) is 2.82. The second-order valence-corrected chi connectivity index (χ2v) is 4.06. The molecule has 3 rings (SSSR count). The summed E-state index contributed by atoms with van der Waals surface area (Å²) in [5.74, 6) is 0.526. The van der Waals surface area contributed by atoms with Gasteiger partial charge in [-0.25, -0.2) is 9.97 Å². The Morgan fingerprint density at radius 1 is 1.50 bits per heavy atom. The molecule has 20 heavy (non-hydrogen) atoms. The fourth-order valence-corrected chi connectivity index (χ4v) is 1.94. The lowest BCUT2D eigenvalue weighted by Crippen LogP contribution is -2.28. The maximum atomic E-state index is 8.92. The van der Waals surface area contributed by atoms with Gasteiger partial charge in [-0.3, -0.25) is 9.98 Å². The number of nitrogens with one attached hydrogen (secondary N) is 2. The van der Waals surface area contributed by atoms with E-state index in [9.17, 15) is 0 Å². The van der Waals surface area contributed by atoms with Crippen LogP contribution < -0.4 is 5.49 Å². The van der Waals surface area contributed by atoms with Crippen LogP contribution in [0, 0.1) is 5.41 Å². The number of fused-ring (bicyclic) bond motifs is 1. The van der Waals surface area contributed by atoms with Crippen molar-refractivity contribution in [3.05, 3.63) is 42.3 Å². The first-order chi connectivity index (χ1) is 9.81. The summed E-state index contributed by atoms with van der Waals surface area (Å²) in [4.78, 5) is 11.0. The average molecular weight is 275 g/mol. The minimum Gasteiger partial charge on any atom is -0.465 e. The lowest BCUT2D eigenvalue weighted by Gasteiger charge is -2.18. The molecule has 0 amide bonds. The van der Waals surface area contributed by atoms with Gasteiger partial charge in [0.25, 0.3) is 0 Å². The van der Waals surface area contributed by atoms with Crippen LogP contribution >= 0.6 is 0 Å². The topological polar surface area (TPSA) is 113 Å². The van der Waals surface area contributed by atoms with Crippen LogP contribution in [-0.2, 0) is 4.74 Å². The van der Waals surface area contributed by atoms with E-state index < -0.39 is 6.23 Å². The molecular formula is C12H13N5O3. The highest BCUT2D eigenvalue weighted by atomic mass is 16.5. The molecule has 3 aromatic rings. The van der Waals surface area contributed by atoms with Crippen LogP contribution in [0.4, 0.5) is 0 Å². The largest absolute Gasteiger partial charge is 0.465 e. The van der Waals surface area contributed by atoms with E-state index in [1.54, 1.807) is 12.1 Å². The Morgan fingerprint density at radius 3 is 3.15 bits per heavy atom. The Kier molecular flexibility index (Phi) is 3.32. The molecule has 0 aliphatic carbocycles. The summed E-state index contributed by atoms with van der Waals surface area (Å²) < 4.78 is 12.4. The molecular weight excluding hydrogens is 262 g/mol. The van der Waals surface area contributed by atoms with E-state index in [1.807, 2.05) is 0 Å². The summed E-state index contributed by atoms with van der Waals surface area (Å²) in [6.07, 6.45) is 3.81. The molecule has 3 N–H and O–H groups in total. The zero-order chi connectivity index (χ0) is 13.9.